The third kappa shape index (κ3) is 4.77. The van der Waals surface area contributed by atoms with Crippen molar-refractivity contribution in [3.8, 4) is 0 Å². The van der Waals surface area contributed by atoms with Gasteiger partial charge in [-0.1, -0.05) is 6.42 Å². The minimum Gasteiger partial charge on any atom is -0.358 e. The predicted molar refractivity (Wildman–Crippen MR) is 106 cm³/mol. The molecule has 0 radical (unpaired) electrons. The minimum atomic E-state index is -0.474. The molecule has 29 heavy (non-hydrogen) atoms. The fourth-order valence-corrected chi connectivity index (χ4v) is 3.67. The van der Waals surface area contributed by atoms with Gasteiger partial charge in [0.15, 0.2) is 24.0 Å². The van der Waals surface area contributed by atoms with Crippen molar-refractivity contribution >= 4 is 11.6 Å². The van der Waals surface area contributed by atoms with Gasteiger partial charge in [-0.15, -0.1) is 0 Å². The number of unbranched alkanes of at least 4 members (excludes halogenated alkanes) is 2. The van der Waals surface area contributed by atoms with E-state index in [1.165, 1.54) is 21.5 Å². The third-order valence-electron chi connectivity index (χ3n) is 5.13. The van der Waals surface area contributed by atoms with Crippen molar-refractivity contribution in [3.05, 3.63) is 44.3 Å². The van der Waals surface area contributed by atoms with Crippen LogP contribution < -0.4 is 5.73 Å². The molecule has 160 valence electrons. The summed E-state index contributed by atoms with van der Waals surface area (Å²) in [4.78, 5) is 32.1. The maximum absolute atomic E-state index is 11.5. The van der Waals surface area contributed by atoms with Gasteiger partial charge in [0.05, 0.1) is 0 Å². The maximum Gasteiger partial charge on any atom is 0.344 e. The molecule has 0 saturated heterocycles. The number of nitrogens with zero attached hydrogens (tertiary/aromatic N) is 7. The van der Waals surface area contributed by atoms with E-state index >= 15 is 0 Å². The Morgan fingerprint density at radius 1 is 0.966 bits per heavy atom. The molecule has 2 N–H and O–H groups in total. The van der Waals surface area contributed by atoms with Crippen molar-refractivity contribution in [1.29, 1.82) is 0 Å². The quantitative estimate of drug-likeness (QED) is 0.338. The van der Waals surface area contributed by atoms with E-state index in [1.807, 2.05) is 18.7 Å². The van der Waals surface area contributed by atoms with Gasteiger partial charge in [-0.3, -0.25) is 0 Å². The summed E-state index contributed by atoms with van der Waals surface area (Å²) in [6.45, 7) is 8.23. The molecule has 0 aliphatic rings. The van der Waals surface area contributed by atoms with E-state index in [-0.39, 0.29) is 11.6 Å². The van der Waals surface area contributed by atoms with Crippen LogP contribution in [0.1, 0.15) is 57.1 Å². The van der Waals surface area contributed by atoms with Gasteiger partial charge in [0.25, 0.3) is 0 Å². The molecule has 2 aromatic heterocycles. The summed E-state index contributed by atoms with van der Waals surface area (Å²) in [6.07, 6.45) is 4.12. The van der Waals surface area contributed by atoms with Gasteiger partial charge in [-0.2, -0.15) is 9.13 Å². The van der Waals surface area contributed by atoms with Gasteiger partial charge < -0.3 is 26.0 Å². The average Bonchev–Trinajstić information content (AvgIpc) is 3.23. The Labute approximate surface area is 168 Å². The topological polar surface area (TPSA) is 151 Å². The van der Waals surface area contributed by atoms with E-state index in [1.54, 1.807) is 13.8 Å². The first-order valence-corrected chi connectivity index (χ1v) is 9.52. The third-order valence-corrected chi connectivity index (χ3v) is 5.13. The summed E-state index contributed by atoms with van der Waals surface area (Å²) >= 11 is 0. The summed E-state index contributed by atoms with van der Waals surface area (Å²) in [5.74, 6) is 0.762. The zero-order valence-electron chi connectivity index (χ0n) is 17.2. The van der Waals surface area contributed by atoms with Gasteiger partial charge in [-0.05, 0) is 43.1 Å². The molecule has 2 atom stereocenters. The van der Waals surface area contributed by atoms with Gasteiger partial charge >= 0.3 is 11.6 Å². The van der Waals surface area contributed by atoms with E-state index in [4.69, 9.17) is 5.73 Å². The fraction of sp³-hybridized carbons (Fsp3) is 0.647. The van der Waals surface area contributed by atoms with Crippen molar-refractivity contribution in [3.63, 3.8) is 0 Å². The second kappa shape index (κ2) is 9.56. The molecule has 2 aromatic rings. The van der Waals surface area contributed by atoms with Gasteiger partial charge in [0, 0.05) is 20.4 Å². The normalized spacial score (nSPS) is 13.6. The van der Waals surface area contributed by atoms with E-state index in [0.29, 0.717) is 24.7 Å². The number of hydrogen-bond donors (Lipinski definition) is 1. The SMILES string of the molecule is Cc1ncc([N+](=O)[O-])n1C(C)N(CCCCCN)C(C)n1c([N+](=O)[O-])cnc1C. The van der Waals surface area contributed by atoms with Crippen LogP contribution in [0.5, 0.6) is 0 Å². The predicted octanol–water partition coefficient (Wildman–Crippen LogP) is 2.68. The van der Waals surface area contributed by atoms with E-state index in [9.17, 15) is 20.2 Å². The summed E-state index contributed by atoms with van der Waals surface area (Å²) in [5, 5.41) is 22.9. The molecule has 0 aliphatic carbocycles. The van der Waals surface area contributed by atoms with Crippen LogP contribution in [-0.2, 0) is 0 Å². The highest BCUT2D eigenvalue weighted by molar-refractivity contribution is 5.21. The van der Waals surface area contributed by atoms with E-state index in [2.05, 4.69) is 9.97 Å². The van der Waals surface area contributed by atoms with Crippen LogP contribution in [0.3, 0.4) is 0 Å². The summed E-state index contributed by atoms with van der Waals surface area (Å²) in [5.41, 5.74) is 5.58. The van der Waals surface area contributed by atoms with Crippen molar-refractivity contribution in [2.75, 3.05) is 13.1 Å². The standard InChI is InChI=1S/C17H28N8O4/c1-12-19-10-16(24(26)27)22(12)14(3)21(9-7-5-6-8-18)15(4)23-13(2)20-11-17(23)25(28)29/h10-11,14-15H,5-9,18H2,1-4H3. The van der Waals surface area contributed by atoms with Crippen molar-refractivity contribution in [2.24, 2.45) is 5.73 Å². The van der Waals surface area contributed by atoms with Gasteiger partial charge in [-0.25, -0.2) is 14.9 Å². The molecule has 0 aromatic carbocycles. The molecule has 0 fully saturated rings. The van der Waals surface area contributed by atoms with Crippen LogP contribution in [0.15, 0.2) is 12.4 Å². The molecular formula is C17H28N8O4. The molecule has 2 unspecified atom stereocenters. The van der Waals surface area contributed by atoms with Crippen molar-refractivity contribution < 1.29 is 9.85 Å². The Bertz CT molecular complexity index is 797. The molecule has 0 aliphatic heterocycles. The van der Waals surface area contributed by atoms with Crippen LogP contribution in [0, 0.1) is 34.1 Å². The van der Waals surface area contributed by atoms with Crippen LogP contribution in [0.25, 0.3) is 0 Å². The summed E-state index contributed by atoms with van der Waals surface area (Å²) in [6, 6.07) is 0. The first kappa shape index (κ1) is 22.4. The molecule has 2 heterocycles. The second-order valence-electron chi connectivity index (χ2n) is 6.93. The highest BCUT2D eigenvalue weighted by Crippen LogP contribution is 2.31. The number of aromatic nitrogens is 4. The van der Waals surface area contributed by atoms with Crippen LogP contribution in [0.4, 0.5) is 11.6 Å². The Balaban J connectivity index is 2.44. The highest BCUT2D eigenvalue weighted by atomic mass is 16.6. The monoisotopic (exact) mass is 408 g/mol. The number of nitro groups is 2. The number of nitrogens with two attached hydrogens (primary N) is 1. The molecular weight excluding hydrogens is 380 g/mol. The lowest BCUT2D eigenvalue weighted by molar-refractivity contribution is -0.394. The summed E-state index contributed by atoms with van der Waals surface area (Å²) in [7, 11) is 0. The van der Waals surface area contributed by atoms with Crippen LogP contribution >= 0.6 is 0 Å². The average molecular weight is 408 g/mol. The molecule has 12 heteroatoms. The molecule has 0 saturated carbocycles. The van der Waals surface area contributed by atoms with E-state index in [0.717, 1.165) is 19.3 Å². The lowest BCUT2D eigenvalue weighted by atomic mass is 10.2. The number of imidazole rings is 2. The van der Waals surface area contributed by atoms with Gasteiger partial charge in [0.2, 0.25) is 0 Å². The number of rotatable bonds is 11. The fourth-order valence-electron chi connectivity index (χ4n) is 3.67. The Hall–Kier alpha value is -2.86. The Kier molecular flexibility index (Phi) is 7.40. The Morgan fingerprint density at radius 3 is 1.79 bits per heavy atom. The smallest absolute Gasteiger partial charge is 0.344 e. The molecule has 0 spiro atoms. The largest absolute Gasteiger partial charge is 0.358 e. The number of aryl methyl sites for hydroxylation is 2. The molecule has 0 amide bonds. The first-order valence-electron chi connectivity index (χ1n) is 9.52. The maximum atomic E-state index is 11.5. The summed E-state index contributed by atoms with van der Waals surface area (Å²) < 4.78 is 3.08. The second-order valence-corrected chi connectivity index (χ2v) is 6.93. The number of hydrogen-bond acceptors (Lipinski definition) is 8. The molecule has 2 rings (SSSR count). The highest BCUT2D eigenvalue weighted by Gasteiger charge is 2.35. The van der Waals surface area contributed by atoms with E-state index < -0.39 is 22.2 Å². The lowest BCUT2D eigenvalue weighted by Gasteiger charge is -2.31. The first-order chi connectivity index (χ1) is 13.7. The molecule has 12 nitrogen and oxygen atoms in total. The van der Waals surface area contributed by atoms with Gasteiger partial charge in [0.1, 0.15) is 12.4 Å². The zero-order chi connectivity index (χ0) is 21.7. The molecule has 0 bridgehead atoms. The van der Waals surface area contributed by atoms with Crippen molar-refractivity contribution in [2.45, 2.75) is 59.3 Å². The van der Waals surface area contributed by atoms with Crippen LogP contribution in [0.2, 0.25) is 0 Å². The lowest BCUT2D eigenvalue weighted by Crippen LogP contribution is -2.38. The zero-order valence-corrected chi connectivity index (χ0v) is 17.2. The minimum absolute atomic E-state index is 0.119. The van der Waals surface area contributed by atoms with Crippen LogP contribution in [-0.4, -0.2) is 46.9 Å². The Morgan fingerprint density at radius 2 is 1.41 bits per heavy atom. The van der Waals surface area contributed by atoms with Crippen molar-refractivity contribution in [1.82, 2.24) is 24.0 Å².